The number of hydrogen-bond acceptors (Lipinski definition) is 6. The first-order valence-electron chi connectivity index (χ1n) is 5.17. The molecule has 9 heteroatoms. The third-order valence-corrected chi connectivity index (χ3v) is 4.13. The number of rotatable bonds is 3. The molecule has 1 rings (SSSR count). The lowest BCUT2D eigenvalue weighted by molar-refractivity contribution is 0.158. The number of ether oxygens (including phenoxy) is 1. The summed E-state index contributed by atoms with van der Waals surface area (Å²) in [5.41, 5.74) is 5.54. The molecule has 1 unspecified atom stereocenters. The molecule has 100 valence electrons. The smallest absolute Gasteiger partial charge is 0.421 e. The van der Waals surface area contributed by atoms with Gasteiger partial charge in [0.2, 0.25) is 0 Å². The fourth-order valence-corrected chi connectivity index (χ4v) is 2.99. The number of carbonyl (C=O) groups excluding carboxylic acids is 1. The normalized spacial score (nSPS) is 23.4. The molecule has 0 aromatic heterocycles. The molecule has 0 spiro atoms. The van der Waals surface area contributed by atoms with Crippen molar-refractivity contribution >= 4 is 16.3 Å². The Morgan fingerprint density at radius 3 is 2.71 bits per heavy atom. The number of nitrogens with two attached hydrogens (primary N) is 1. The van der Waals surface area contributed by atoms with Crippen LogP contribution in [0.15, 0.2) is 0 Å². The summed E-state index contributed by atoms with van der Waals surface area (Å²) in [4.78, 5) is 12.9. The Morgan fingerprint density at radius 1 is 1.53 bits per heavy atom. The highest BCUT2D eigenvalue weighted by atomic mass is 32.2. The summed E-state index contributed by atoms with van der Waals surface area (Å²) in [6.07, 6.45) is -1.00. The minimum absolute atomic E-state index is 0.201. The molecule has 1 heterocycles. The van der Waals surface area contributed by atoms with Crippen LogP contribution < -0.4 is 10.5 Å². The second-order valence-corrected chi connectivity index (χ2v) is 5.48. The third-order valence-electron chi connectivity index (χ3n) is 2.61. The molecule has 1 amide bonds. The van der Waals surface area contributed by atoms with Crippen molar-refractivity contribution in [3.8, 4) is 0 Å². The summed E-state index contributed by atoms with van der Waals surface area (Å²) < 4.78 is 31.0. The monoisotopic (exact) mass is 266 g/mol. The van der Waals surface area contributed by atoms with E-state index in [4.69, 9.17) is 5.73 Å². The maximum absolute atomic E-state index is 11.9. The Morgan fingerprint density at radius 2 is 2.18 bits per heavy atom. The zero-order valence-corrected chi connectivity index (χ0v) is 10.7. The van der Waals surface area contributed by atoms with Crippen molar-refractivity contribution in [2.75, 3.05) is 40.3 Å². The number of methoxy groups -OCH3 is 1. The van der Waals surface area contributed by atoms with Crippen molar-refractivity contribution in [1.82, 2.24) is 13.9 Å². The molecule has 0 radical (unpaired) electrons. The summed E-state index contributed by atoms with van der Waals surface area (Å²) in [7, 11) is -0.882. The predicted molar refractivity (Wildman–Crippen MR) is 61.5 cm³/mol. The Balaban J connectivity index is 2.79. The van der Waals surface area contributed by atoms with Gasteiger partial charge in [0, 0.05) is 26.2 Å². The van der Waals surface area contributed by atoms with Crippen molar-refractivity contribution in [3.63, 3.8) is 0 Å². The van der Waals surface area contributed by atoms with E-state index in [1.165, 1.54) is 4.31 Å². The second-order valence-electron chi connectivity index (χ2n) is 3.86. The van der Waals surface area contributed by atoms with E-state index in [-0.39, 0.29) is 12.6 Å². The van der Waals surface area contributed by atoms with E-state index in [1.807, 2.05) is 16.7 Å². The maximum atomic E-state index is 11.9. The Bertz CT molecular complexity index is 372. The summed E-state index contributed by atoms with van der Waals surface area (Å²) in [5, 5.41) is 0. The van der Waals surface area contributed by atoms with Crippen LogP contribution in [0.3, 0.4) is 0 Å². The largest absolute Gasteiger partial charge is 0.452 e. The molecule has 1 aliphatic heterocycles. The van der Waals surface area contributed by atoms with Crippen LogP contribution >= 0.6 is 0 Å². The van der Waals surface area contributed by atoms with E-state index in [0.717, 1.165) is 7.11 Å². The number of amides is 1. The first-order valence-corrected chi connectivity index (χ1v) is 6.61. The average molecular weight is 266 g/mol. The highest BCUT2D eigenvalue weighted by Crippen LogP contribution is 2.11. The standard InChI is InChI=1S/C8H18N4O4S/c1-11-3-4-12(7(5-9)6-11)17(14,15)10-8(13)16-2/h7H,3-6,9H2,1-2H3,(H,10,13). The van der Waals surface area contributed by atoms with E-state index >= 15 is 0 Å². The summed E-state index contributed by atoms with van der Waals surface area (Å²) in [5.74, 6) is 0. The topological polar surface area (TPSA) is 105 Å². The fourth-order valence-electron chi connectivity index (χ4n) is 1.71. The van der Waals surface area contributed by atoms with Crippen LogP contribution in [-0.4, -0.2) is 70.1 Å². The Hall–Kier alpha value is -0.900. The van der Waals surface area contributed by atoms with Gasteiger partial charge in [0.25, 0.3) is 0 Å². The maximum Gasteiger partial charge on any atom is 0.421 e. The highest BCUT2D eigenvalue weighted by molar-refractivity contribution is 7.87. The number of nitrogens with zero attached hydrogens (tertiary/aromatic N) is 2. The molecular weight excluding hydrogens is 248 g/mol. The van der Waals surface area contributed by atoms with E-state index in [0.29, 0.717) is 19.6 Å². The van der Waals surface area contributed by atoms with E-state index in [9.17, 15) is 13.2 Å². The lowest BCUT2D eigenvalue weighted by atomic mass is 10.2. The van der Waals surface area contributed by atoms with Crippen molar-refractivity contribution in [2.45, 2.75) is 6.04 Å². The molecule has 17 heavy (non-hydrogen) atoms. The highest BCUT2D eigenvalue weighted by Gasteiger charge is 2.34. The van der Waals surface area contributed by atoms with Crippen LogP contribution in [0.4, 0.5) is 4.79 Å². The van der Waals surface area contributed by atoms with Gasteiger partial charge in [0.1, 0.15) is 0 Å². The zero-order valence-electron chi connectivity index (χ0n) is 9.92. The van der Waals surface area contributed by atoms with Crippen molar-refractivity contribution < 1.29 is 17.9 Å². The Labute approximate surface area is 101 Å². The molecule has 1 saturated heterocycles. The fraction of sp³-hybridized carbons (Fsp3) is 0.875. The van der Waals surface area contributed by atoms with Crippen molar-refractivity contribution in [3.05, 3.63) is 0 Å². The SMILES string of the molecule is COC(=O)NS(=O)(=O)N1CCN(C)CC1CN. The lowest BCUT2D eigenvalue weighted by Crippen LogP contribution is -2.59. The van der Waals surface area contributed by atoms with E-state index in [2.05, 4.69) is 4.74 Å². The minimum atomic E-state index is -3.88. The van der Waals surface area contributed by atoms with Gasteiger partial charge in [-0.3, -0.25) is 0 Å². The molecule has 1 atom stereocenters. The van der Waals surface area contributed by atoms with Crippen molar-refractivity contribution in [1.29, 1.82) is 0 Å². The molecule has 3 N–H and O–H groups in total. The van der Waals surface area contributed by atoms with Gasteiger partial charge in [-0.25, -0.2) is 9.52 Å². The molecule has 0 aliphatic carbocycles. The summed E-state index contributed by atoms with van der Waals surface area (Å²) >= 11 is 0. The second kappa shape index (κ2) is 5.63. The van der Waals surface area contributed by atoms with E-state index < -0.39 is 16.3 Å². The molecule has 0 aromatic rings. The number of likely N-dealkylation sites (N-methyl/N-ethyl adjacent to an activating group) is 1. The van der Waals surface area contributed by atoms with Gasteiger partial charge >= 0.3 is 16.3 Å². The van der Waals surface area contributed by atoms with Crippen LogP contribution in [0, 0.1) is 0 Å². The number of hydrogen-bond donors (Lipinski definition) is 2. The molecule has 1 aliphatic rings. The van der Waals surface area contributed by atoms with Crippen LogP contribution in [0.1, 0.15) is 0 Å². The van der Waals surface area contributed by atoms with E-state index in [1.54, 1.807) is 0 Å². The van der Waals surface area contributed by atoms with Crippen LogP contribution in [0.5, 0.6) is 0 Å². The molecule has 1 fully saturated rings. The van der Waals surface area contributed by atoms with Gasteiger partial charge in [0.05, 0.1) is 13.2 Å². The first kappa shape index (κ1) is 14.2. The molecular formula is C8H18N4O4S. The van der Waals surface area contributed by atoms with Crippen LogP contribution in [-0.2, 0) is 14.9 Å². The lowest BCUT2D eigenvalue weighted by Gasteiger charge is -2.37. The van der Waals surface area contributed by atoms with Crippen LogP contribution in [0.25, 0.3) is 0 Å². The van der Waals surface area contributed by atoms with Crippen LogP contribution in [0.2, 0.25) is 0 Å². The van der Waals surface area contributed by atoms with Gasteiger partial charge < -0.3 is 15.4 Å². The number of nitrogens with one attached hydrogen (secondary N) is 1. The average Bonchev–Trinajstić information content (AvgIpc) is 2.27. The quantitative estimate of drug-likeness (QED) is 0.622. The zero-order chi connectivity index (χ0) is 13.1. The predicted octanol–water partition coefficient (Wildman–Crippen LogP) is -1.84. The number of carbonyl (C=O) groups is 1. The van der Waals surface area contributed by atoms with Gasteiger partial charge in [-0.1, -0.05) is 0 Å². The van der Waals surface area contributed by atoms with Gasteiger partial charge in [-0.2, -0.15) is 12.7 Å². The third kappa shape index (κ3) is 3.53. The molecule has 0 saturated carbocycles. The van der Waals surface area contributed by atoms with Gasteiger partial charge in [0.15, 0.2) is 0 Å². The Kier molecular flexibility index (Phi) is 4.69. The molecule has 8 nitrogen and oxygen atoms in total. The summed E-state index contributed by atoms with van der Waals surface area (Å²) in [6, 6.07) is -0.337. The van der Waals surface area contributed by atoms with Gasteiger partial charge in [-0.05, 0) is 7.05 Å². The summed E-state index contributed by atoms with van der Waals surface area (Å²) in [6.45, 7) is 1.63. The molecule has 0 bridgehead atoms. The minimum Gasteiger partial charge on any atom is -0.452 e. The van der Waals surface area contributed by atoms with Crippen molar-refractivity contribution in [2.24, 2.45) is 5.73 Å². The molecule has 0 aromatic carbocycles. The number of piperazine rings is 1. The van der Waals surface area contributed by atoms with Gasteiger partial charge in [-0.15, -0.1) is 0 Å². The first-order chi connectivity index (χ1) is 7.90.